The molecule has 2 aromatic rings. The van der Waals surface area contributed by atoms with Gasteiger partial charge in [-0.25, -0.2) is 0 Å². The number of nitrogens with two attached hydrogens (primary N) is 1. The summed E-state index contributed by atoms with van der Waals surface area (Å²) in [7, 11) is 1.65. The van der Waals surface area contributed by atoms with Gasteiger partial charge in [-0.15, -0.1) is 5.10 Å². The minimum absolute atomic E-state index is 0.225. The van der Waals surface area contributed by atoms with Gasteiger partial charge in [-0.3, -0.25) is 5.10 Å². The second-order valence-corrected chi connectivity index (χ2v) is 4.71. The SMILES string of the molecule is COc1ccc(-c2nc(N3CCC(N)C3)n[nH]2)cc1. The molecule has 0 bridgehead atoms. The summed E-state index contributed by atoms with van der Waals surface area (Å²) in [5, 5.41) is 7.22. The molecular weight excluding hydrogens is 242 g/mol. The zero-order chi connectivity index (χ0) is 13.2. The van der Waals surface area contributed by atoms with Crippen molar-refractivity contribution in [3.8, 4) is 17.1 Å². The van der Waals surface area contributed by atoms with Gasteiger partial charge in [0.1, 0.15) is 5.75 Å². The Morgan fingerprint density at radius 3 is 2.79 bits per heavy atom. The second-order valence-electron chi connectivity index (χ2n) is 4.71. The van der Waals surface area contributed by atoms with Crippen LogP contribution in [0.1, 0.15) is 6.42 Å². The largest absolute Gasteiger partial charge is 0.497 e. The minimum atomic E-state index is 0.225. The van der Waals surface area contributed by atoms with Gasteiger partial charge in [-0.05, 0) is 30.7 Å². The highest BCUT2D eigenvalue weighted by molar-refractivity contribution is 5.57. The Morgan fingerprint density at radius 2 is 2.16 bits per heavy atom. The molecule has 1 atom stereocenters. The van der Waals surface area contributed by atoms with Crippen LogP contribution in [-0.2, 0) is 0 Å². The number of aromatic amines is 1. The molecule has 1 aliphatic heterocycles. The maximum Gasteiger partial charge on any atom is 0.245 e. The van der Waals surface area contributed by atoms with E-state index in [-0.39, 0.29) is 6.04 Å². The first-order chi connectivity index (χ1) is 9.26. The van der Waals surface area contributed by atoms with Crippen LogP contribution in [0.15, 0.2) is 24.3 Å². The number of H-pyrrole nitrogens is 1. The van der Waals surface area contributed by atoms with E-state index in [2.05, 4.69) is 20.1 Å². The Labute approximate surface area is 111 Å². The summed E-state index contributed by atoms with van der Waals surface area (Å²) in [6.45, 7) is 1.74. The zero-order valence-corrected chi connectivity index (χ0v) is 10.8. The molecular formula is C13H17N5O. The highest BCUT2D eigenvalue weighted by atomic mass is 16.5. The Hall–Kier alpha value is -2.08. The number of rotatable bonds is 3. The van der Waals surface area contributed by atoms with Crippen molar-refractivity contribution in [3.05, 3.63) is 24.3 Å². The number of hydrogen-bond donors (Lipinski definition) is 2. The number of hydrogen-bond acceptors (Lipinski definition) is 5. The summed E-state index contributed by atoms with van der Waals surface area (Å²) in [5.74, 6) is 2.31. The highest BCUT2D eigenvalue weighted by Crippen LogP contribution is 2.22. The van der Waals surface area contributed by atoms with Gasteiger partial charge in [0, 0.05) is 24.7 Å². The average molecular weight is 259 g/mol. The Kier molecular flexibility index (Phi) is 3.08. The monoisotopic (exact) mass is 259 g/mol. The predicted octanol–water partition coefficient (Wildman–Crippen LogP) is 1.02. The van der Waals surface area contributed by atoms with Crippen molar-refractivity contribution >= 4 is 5.95 Å². The van der Waals surface area contributed by atoms with E-state index in [0.717, 1.165) is 42.6 Å². The van der Waals surface area contributed by atoms with E-state index in [9.17, 15) is 0 Å². The number of anilines is 1. The third kappa shape index (κ3) is 2.39. The molecule has 100 valence electrons. The zero-order valence-electron chi connectivity index (χ0n) is 10.8. The van der Waals surface area contributed by atoms with Gasteiger partial charge >= 0.3 is 0 Å². The maximum absolute atomic E-state index is 5.89. The van der Waals surface area contributed by atoms with Crippen molar-refractivity contribution in [1.29, 1.82) is 0 Å². The van der Waals surface area contributed by atoms with Crippen LogP contribution >= 0.6 is 0 Å². The molecule has 2 heterocycles. The topological polar surface area (TPSA) is 80.1 Å². The first kappa shape index (κ1) is 12.0. The number of benzene rings is 1. The molecule has 0 amide bonds. The van der Waals surface area contributed by atoms with E-state index >= 15 is 0 Å². The van der Waals surface area contributed by atoms with Crippen molar-refractivity contribution in [2.24, 2.45) is 5.73 Å². The highest BCUT2D eigenvalue weighted by Gasteiger charge is 2.22. The second kappa shape index (κ2) is 4.89. The van der Waals surface area contributed by atoms with Crippen LogP contribution in [0.2, 0.25) is 0 Å². The molecule has 1 unspecified atom stereocenters. The van der Waals surface area contributed by atoms with Crippen LogP contribution in [0.5, 0.6) is 5.75 Å². The molecule has 0 radical (unpaired) electrons. The van der Waals surface area contributed by atoms with Gasteiger partial charge in [0.25, 0.3) is 0 Å². The fraction of sp³-hybridized carbons (Fsp3) is 0.385. The quantitative estimate of drug-likeness (QED) is 0.860. The van der Waals surface area contributed by atoms with Crippen molar-refractivity contribution in [2.45, 2.75) is 12.5 Å². The van der Waals surface area contributed by atoms with Crippen molar-refractivity contribution in [2.75, 3.05) is 25.1 Å². The van der Waals surface area contributed by atoms with Crippen LogP contribution in [-0.4, -0.2) is 41.4 Å². The van der Waals surface area contributed by atoms with Crippen LogP contribution in [0.25, 0.3) is 11.4 Å². The first-order valence-electron chi connectivity index (χ1n) is 6.33. The number of ether oxygens (including phenoxy) is 1. The molecule has 6 heteroatoms. The van der Waals surface area contributed by atoms with Gasteiger partial charge in [-0.1, -0.05) is 0 Å². The lowest BCUT2D eigenvalue weighted by atomic mass is 10.2. The molecule has 1 saturated heterocycles. The van der Waals surface area contributed by atoms with Gasteiger partial charge in [-0.2, -0.15) is 4.98 Å². The summed E-state index contributed by atoms with van der Waals surface area (Å²) in [6.07, 6.45) is 0.992. The van der Waals surface area contributed by atoms with Crippen molar-refractivity contribution < 1.29 is 4.74 Å². The standard InChI is InChI=1S/C13H17N5O/c1-19-11-4-2-9(3-5-11)12-15-13(17-16-12)18-7-6-10(14)8-18/h2-5,10H,6-8,14H2,1H3,(H,15,16,17). The summed E-state index contributed by atoms with van der Waals surface area (Å²) >= 11 is 0. The van der Waals surface area contributed by atoms with Crippen LogP contribution < -0.4 is 15.4 Å². The van der Waals surface area contributed by atoms with E-state index in [1.165, 1.54) is 0 Å². The van der Waals surface area contributed by atoms with Crippen molar-refractivity contribution in [3.63, 3.8) is 0 Å². The van der Waals surface area contributed by atoms with Crippen molar-refractivity contribution in [1.82, 2.24) is 15.2 Å². The third-order valence-corrected chi connectivity index (χ3v) is 3.34. The van der Waals surface area contributed by atoms with Crippen LogP contribution in [0.4, 0.5) is 5.95 Å². The van der Waals surface area contributed by atoms with E-state index in [0.29, 0.717) is 0 Å². The molecule has 3 rings (SSSR count). The fourth-order valence-corrected chi connectivity index (χ4v) is 2.24. The molecule has 0 aliphatic carbocycles. The fourth-order valence-electron chi connectivity index (χ4n) is 2.24. The molecule has 3 N–H and O–H groups in total. The Balaban J connectivity index is 1.80. The van der Waals surface area contributed by atoms with E-state index in [1.807, 2.05) is 24.3 Å². The number of aromatic nitrogens is 3. The van der Waals surface area contributed by atoms with Gasteiger partial charge in [0.15, 0.2) is 5.82 Å². The van der Waals surface area contributed by atoms with E-state index in [1.54, 1.807) is 7.11 Å². The molecule has 1 aromatic heterocycles. The van der Waals surface area contributed by atoms with Crippen LogP contribution in [0.3, 0.4) is 0 Å². The molecule has 6 nitrogen and oxygen atoms in total. The smallest absolute Gasteiger partial charge is 0.245 e. The molecule has 1 aromatic carbocycles. The van der Waals surface area contributed by atoms with E-state index in [4.69, 9.17) is 10.5 Å². The summed E-state index contributed by atoms with van der Waals surface area (Å²) < 4.78 is 5.13. The lowest BCUT2D eigenvalue weighted by Crippen LogP contribution is -2.26. The molecule has 19 heavy (non-hydrogen) atoms. The molecule has 0 saturated carbocycles. The van der Waals surface area contributed by atoms with Gasteiger partial charge < -0.3 is 15.4 Å². The molecule has 0 spiro atoms. The lowest BCUT2D eigenvalue weighted by molar-refractivity contribution is 0.415. The van der Waals surface area contributed by atoms with E-state index < -0.39 is 0 Å². The third-order valence-electron chi connectivity index (χ3n) is 3.34. The number of methoxy groups -OCH3 is 1. The maximum atomic E-state index is 5.89. The number of nitrogens with one attached hydrogen (secondary N) is 1. The lowest BCUT2D eigenvalue weighted by Gasteiger charge is -2.11. The summed E-state index contributed by atoms with van der Waals surface area (Å²) in [6, 6.07) is 7.95. The summed E-state index contributed by atoms with van der Waals surface area (Å²) in [5.41, 5.74) is 6.88. The Bertz CT molecular complexity index is 550. The van der Waals surface area contributed by atoms with Gasteiger partial charge in [0.2, 0.25) is 5.95 Å². The first-order valence-corrected chi connectivity index (χ1v) is 6.33. The number of nitrogens with zero attached hydrogens (tertiary/aromatic N) is 3. The average Bonchev–Trinajstić information content (AvgIpc) is 3.07. The Morgan fingerprint density at radius 1 is 1.37 bits per heavy atom. The predicted molar refractivity (Wildman–Crippen MR) is 73.2 cm³/mol. The summed E-state index contributed by atoms with van der Waals surface area (Å²) in [4.78, 5) is 6.62. The molecule has 1 fully saturated rings. The minimum Gasteiger partial charge on any atom is -0.497 e. The normalized spacial score (nSPS) is 18.8. The van der Waals surface area contributed by atoms with Gasteiger partial charge in [0.05, 0.1) is 7.11 Å². The van der Waals surface area contributed by atoms with Crippen LogP contribution in [0, 0.1) is 0 Å². The molecule has 1 aliphatic rings.